The zero-order valence-electron chi connectivity index (χ0n) is 10.1. The molecule has 1 aromatic carbocycles. The second-order valence-electron chi connectivity index (χ2n) is 4.03. The average Bonchev–Trinajstić information content (AvgIpc) is 2.40. The van der Waals surface area contributed by atoms with Crippen molar-refractivity contribution < 1.29 is 9.13 Å². The van der Waals surface area contributed by atoms with E-state index in [0.29, 0.717) is 6.42 Å². The highest BCUT2D eigenvalue weighted by Crippen LogP contribution is 2.23. The summed E-state index contributed by atoms with van der Waals surface area (Å²) >= 11 is 0. The summed E-state index contributed by atoms with van der Waals surface area (Å²) in [6.07, 6.45) is 2.34. The summed E-state index contributed by atoms with van der Waals surface area (Å²) in [4.78, 5) is 4.22. The molecule has 18 heavy (non-hydrogen) atoms. The first-order chi connectivity index (χ1) is 8.70. The summed E-state index contributed by atoms with van der Waals surface area (Å²) in [5.74, 6) is -0.171. The van der Waals surface area contributed by atoms with E-state index in [2.05, 4.69) is 4.98 Å². The number of rotatable bonds is 4. The number of ether oxygens (including phenoxy) is 1. The summed E-state index contributed by atoms with van der Waals surface area (Å²) in [6, 6.07) is 10.1. The molecule has 0 fully saturated rings. The number of halogens is 1. The number of nitrogens with two attached hydrogens (primary N) is 1. The van der Waals surface area contributed by atoms with E-state index in [1.165, 1.54) is 13.2 Å². The lowest BCUT2D eigenvalue weighted by Gasteiger charge is -2.13. The smallest absolute Gasteiger partial charge is 0.165 e. The molecule has 2 rings (SSSR count). The number of benzene rings is 1. The fourth-order valence-electron chi connectivity index (χ4n) is 1.77. The molecule has 0 bridgehead atoms. The largest absolute Gasteiger partial charge is 0.494 e. The van der Waals surface area contributed by atoms with E-state index in [1.807, 2.05) is 18.2 Å². The number of hydrogen-bond donors (Lipinski definition) is 1. The highest BCUT2D eigenvalue weighted by Gasteiger charge is 2.11. The van der Waals surface area contributed by atoms with Crippen LogP contribution in [0.4, 0.5) is 4.39 Å². The zero-order valence-corrected chi connectivity index (χ0v) is 10.1. The minimum absolute atomic E-state index is 0.212. The van der Waals surface area contributed by atoms with Crippen molar-refractivity contribution in [2.75, 3.05) is 7.11 Å². The maximum absolute atomic E-state index is 13.3. The second-order valence-corrected chi connectivity index (χ2v) is 4.03. The molecule has 0 amide bonds. The van der Waals surface area contributed by atoms with Gasteiger partial charge in [-0.25, -0.2) is 4.39 Å². The minimum Gasteiger partial charge on any atom is -0.494 e. The molecule has 2 N–H and O–H groups in total. The van der Waals surface area contributed by atoms with E-state index < -0.39 is 0 Å². The van der Waals surface area contributed by atoms with Crippen molar-refractivity contribution in [3.05, 3.63) is 59.7 Å². The summed E-state index contributed by atoms with van der Waals surface area (Å²) in [5.41, 5.74) is 7.83. The van der Waals surface area contributed by atoms with Gasteiger partial charge in [0.1, 0.15) is 0 Å². The summed E-state index contributed by atoms with van der Waals surface area (Å²) in [5, 5.41) is 0. The quantitative estimate of drug-likeness (QED) is 0.901. The van der Waals surface area contributed by atoms with Crippen LogP contribution >= 0.6 is 0 Å². The minimum atomic E-state index is -0.383. The molecule has 0 spiro atoms. The van der Waals surface area contributed by atoms with Crippen LogP contribution < -0.4 is 10.5 Å². The van der Waals surface area contributed by atoms with Gasteiger partial charge in [0.25, 0.3) is 0 Å². The van der Waals surface area contributed by atoms with Crippen LogP contribution in [-0.2, 0) is 6.42 Å². The van der Waals surface area contributed by atoms with Gasteiger partial charge in [0.05, 0.1) is 7.11 Å². The topological polar surface area (TPSA) is 48.1 Å². The Kier molecular flexibility index (Phi) is 3.89. The number of methoxy groups -OCH3 is 1. The van der Waals surface area contributed by atoms with Gasteiger partial charge >= 0.3 is 0 Å². The Morgan fingerprint density at radius 2 is 2.17 bits per heavy atom. The van der Waals surface area contributed by atoms with Gasteiger partial charge in [-0.2, -0.15) is 0 Å². The van der Waals surface area contributed by atoms with Crippen molar-refractivity contribution >= 4 is 0 Å². The molecule has 1 unspecified atom stereocenters. The van der Waals surface area contributed by atoms with E-state index in [0.717, 1.165) is 11.3 Å². The van der Waals surface area contributed by atoms with Gasteiger partial charge in [0.2, 0.25) is 0 Å². The molecule has 3 nitrogen and oxygen atoms in total. The lowest BCUT2D eigenvalue weighted by atomic mass is 10.0. The SMILES string of the molecule is COc1cc(C(N)Cc2ccccn2)ccc1F. The van der Waals surface area contributed by atoms with Gasteiger partial charge in [-0.3, -0.25) is 4.98 Å². The third kappa shape index (κ3) is 2.84. The van der Waals surface area contributed by atoms with Crippen molar-refractivity contribution in [1.82, 2.24) is 4.98 Å². The summed E-state index contributed by atoms with van der Waals surface area (Å²) in [6.45, 7) is 0. The molecule has 0 radical (unpaired) electrons. The van der Waals surface area contributed by atoms with Crippen LogP contribution in [0, 0.1) is 5.82 Å². The van der Waals surface area contributed by atoms with Crippen molar-refractivity contribution in [2.24, 2.45) is 5.73 Å². The third-order valence-electron chi connectivity index (χ3n) is 2.76. The lowest BCUT2D eigenvalue weighted by Crippen LogP contribution is -2.14. The first-order valence-corrected chi connectivity index (χ1v) is 5.69. The third-order valence-corrected chi connectivity index (χ3v) is 2.76. The van der Waals surface area contributed by atoms with Crippen LogP contribution in [0.25, 0.3) is 0 Å². The van der Waals surface area contributed by atoms with E-state index in [4.69, 9.17) is 10.5 Å². The van der Waals surface area contributed by atoms with Crippen LogP contribution in [0.1, 0.15) is 17.3 Å². The first kappa shape index (κ1) is 12.5. The Morgan fingerprint density at radius 3 is 2.83 bits per heavy atom. The Balaban J connectivity index is 2.16. The van der Waals surface area contributed by atoms with Crippen molar-refractivity contribution in [2.45, 2.75) is 12.5 Å². The molecule has 4 heteroatoms. The number of pyridine rings is 1. The Hall–Kier alpha value is -1.94. The molecule has 0 saturated heterocycles. The lowest BCUT2D eigenvalue weighted by molar-refractivity contribution is 0.385. The van der Waals surface area contributed by atoms with Crippen molar-refractivity contribution in [3.63, 3.8) is 0 Å². The molecule has 0 aliphatic rings. The number of hydrogen-bond acceptors (Lipinski definition) is 3. The Bertz CT molecular complexity index is 516. The van der Waals surface area contributed by atoms with Gasteiger partial charge < -0.3 is 10.5 Å². The van der Waals surface area contributed by atoms with Crippen molar-refractivity contribution in [3.8, 4) is 5.75 Å². The fraction of sp³-hybridized carbons (Fsp3) is 0.214. The van der Waals surface area contributed by atoms with Crippen LogP contribution in [0.15, 0.2) is 42.6 Å². The molecule has 94 valence electrons. The predicted molar refractivity (Wildman–Crippen MR) is 67.8 cm³/mol. The zero-order chi connectivity index (χ0) is 13.0. The number of nitrogens with zero attached hydrogens (tertiary/aromatic N) is 1. The molecular formula is C14H15FN2O. The van der Waals surface area contributed by atoms with E-state index >= 15 is 0 Å². The molecule has 2 aromatic rings. The first-order valence-electron chi connectivity index (χ1n) is 5.69. The molecule has 0 aliphatic carbocycles. The van der Waals surface area contributed by atoms with Gasteiger partial charge in [-0.05, 0) is 29.8 Å². The normalized spacial score (nSPS) is 12.2. The standard InChI is InChI=1S/C14H15FN2O/c1-18-14-8-10(5-6-12(14)15)13(16)9-11-4-2-3-7-17-11/h2-8,13H,9,16H2,1H3. The van der Waals surface area contributed by atoms with Gasteiger partial charge in [-0.15, -0.1) is 0 Å². The second kappa shape index (κ2) is 5.60. The highest BCUT2D eigenvalue weighted by atomic mass is 19.1. The number of aromatic nitrogens is 1. The van der Waals surface area contributed by atoms with Crippen LogP contribution in [0.5, 0.6) is 5.75 Å². The van der Waals surface area contributed by atoms with E-state index in [-0.39, 0.29) is 17.6 Å². The van der Waals surface area contributed by atoms with E-state index in [1.54, 1.807) is 18.3 Å². The summed E-state index contributed by atoms with van der Waals surface area (Å²) in [7, 11) is 1.44. The summed E-state index contributed by atoms with van der Waals surface area (Å²) < 4.78 is 18.2. The fourth-order valence-corrected chi connectivity index (χ4v) is 1.77. The van der Waals surface area contributed by atoms with Crippen molar-refractivity contribution in [1.29, 1.82) is 0 Å². The molecule has 1 heterocycles. The Labute approximate surface area is 105 Å². The average molecular weight is 246 g/mol. The molecule has 1 atom stereocenters. The van der Waals surface area contributed by atoms with E-state index in [9.17, 15) is 4.39 Å². The van der Waals surface area contributed by atoms with Gasteiger partial charge in [-0.1, -0.05) is 12.1 Å². The predicted octanol–water partition coefficient (Wildman–Crippen LogP) is 2.47. The van der Waals surface area contributed by atoms with Crippen LogP contribution in [-0.4, -0.2) is 12.1 Å². The molecule has 1 aromatic heterocycles. The molecule has 0 aliphatic heterocycles. The van der Waals surface area contributed by atoms with Gasteiger partial charge in [0, 0.05) is 24.4 Å². The maximum atomic E-state index is 13.3. The monoisotopic (exact) mass is 246 g/mol. The highest BCUT2D eigenvalue weighted by molar-refractivity contribution is 5.32. The maximum Gasteiger partial charge on any atom is 0.165 e. The van der Waals surface area contributed by atoms with Crippen LogP contribution in [0.2, 0.25) is 0 Å². The molecular weight excluding hydrogens is 231 g/mol. The Morgan fingerprint density at radius 1 is 1.33 bits per heavy atom. The molecule has 0 saturated carbocycles. The van der Waals surface area contributed by atoms with Crippen LogP contribution in [0.3, 0.4) is 0 Å². The van der Waals surface area contributed by atoms with Gasteiger partial charge in [0.15, 0.2) is 11.6 Å².